The molecule has 0 radical (unpaired) electrons. The van der Waals surface area contributed by atoms with Crippen LogP contribution in [0.4, 0.5) is 0 Å². The van der Waals surface area contributed by atoms with E-state index in [1.54, 1.807) is 0 Å². The lowest BCUT2D eigenvalue weighted by molar-refractivity contribution is -0.143. The van der Waals surface area contributed by atoms with Crippen LogP contribution >= 0.6 is 0 Å². The van der Waals surface area contributed by atoms with Crippen molar-refractivity contribution in [3.05, 3.63) is 23.5 Å². The van der Waals surface area contributed by atoms with Crippen molar-refractivity contribution in [2.24, 2.45) is 0 Å². The van der Waals surface area contributed by atoms with Gasteiger partial charge in [-0.25, -0.2) is 0 Å². The molecular weight excluding hydrogens is 166 g/mol. The van der Waals surface area contributed by atoms with Crippen molar-refractivity contribution in [2.75, 3.05) is 6.61 Å². The number of esters is 1. The molecule has 1 N–H and O–H groups in total. The summed E-state index contributed by atoms with van der Waals surface area (Å²) in [5.41, 5.74) is 2.39. The SMILES string of the molecule is CCOC(=O)CCc1c[nH]cc1C. The first-order chi connectivity index (χ1) is 6.24. The van der Waals surface area contributed by atoms with Gasteiger partial charge in [-0.1, -0.05) is 0 Å². The summed E-state index contributed by atoms with van der Waals surface area (Å²) in [4.78, 5) is 14.0. The zero-order chi connectivity index (χ0) is 9.68. The topological polar surface area (TPSA) is 42.1 Å². The zero-order valence-corrected chi connectivity index (χ0v) is 8.09. The molecule has 72 valence electrons. The minimum absolute atomic E-state index is 0.122. The number of hydrogen-bond acceptors (Lipinski definition) is 2. The Labute approximate surface area is 78.1 Å². The van der Waals surface area contributed by atoms with Crippen LogP contribution in [0.15, 0.2) is 12.4 Å². The van der Waals surface area contributed by atoms with E-state index >= 15 is 0 Å². The number of ether oxygens (including phenoxy) is 1. The molecule has 0 saturated carbocycles. The van der Waals surface area contributed by atoms with Crippen molar-refractivity contribution in [3.8, 4) is 0 Å². The number of nitrogens with one attached hydrogen (secondary N) is 1. The first-order valence-corrected chi connectivity index (χ1v) is 4.52. The molecule has 0 unspecified atom stereocenters. The molecule has 0 amide bonds. The lowest BCUT2D eigenvalue weighted by Crippen LogP contribution is -2.05. The Balaban J connectivity index is 2.35. The van der Waals surface area contributed by atoms with E-state index in [1.807, 2.05) is 26.2 Å². The summed E-state index contributed by atoms with van der Waals surface area (Å²) in [6.45, 7) is 4.31. The molecule has 3 heteroatoms. The fraction of sp³-hybridized carbons (Fsp3) is 0.500. The highest BCUT2D eigenvalue weighted by Gasteiger charge is 2.04. The van der Waals surface area contributed by atoms with Gasteiger partial charge >= 0.3 is 5.97 Å². The highest BCUT2D eigenvalue weighted by Crippen LogP contribution is 2.08. The third-order valence-electron chi connectivity index (χ3n) is 1.97. The Bertz CT molecular complexity index is 278. The highest BCUT2D eigenvalue weighted by atomic mass is 16.5. The maximum absolute atomic E-state index is 11.0. The molecule has 0 aliphatic rings. The predicted octanol–water partition coefficient (Wildman–Crippen LogP) is 1.82. The Morgan fingerprint density at radius 3 is 2.85 bits per heavy atom. The number of rotatable bonds is 4. The number of aromatic amines is 1. The van der Waals surface area contributed by atoms with Gasteiger partial charge in [0.15, 0.2) is 0 Å². The zero-order valence-electron chi connectivity index (χ0n) is 8.09. The standard InChI is InChI=1S/C10H15NO2/c1-3-13-10(12)5-4-9-7-11-6-8(9)2/h6-7,11H,3-5H2,1-2H3. The minimum atomic E-state index is -0.122. The van der Waals surface area contributed by atoms with E-state index < -0.39 is 0 Å². The van der Waals surface area contributed by atoms with E-state index in [1.165, 1.54) is 11.1 Å². The van der Waals surface area contributed by atoms with Crippen molar-refractivity contribution < 1.29 is 9.53 Å². The van der Waals surface area contributed by atoms with Crippen molar-refractivity contribution in [1.29, 1.82) is 0 Å². The second-order valence-electron chi connectivity index (χ2n) is 2.97. The third kappa shape index (κ3) is 2.93. The second-order valence-corrected chi connectivity index (χ2v) is 2.97. The van der Waals surface area contributed by atoms with E-state index in [0.717, 1.165) is 6.42 Å². The predicted molar refractivity (Wildman–Crippen MR) is 50.5 cm³/mol. The number of hydrogen-bond donors (Lipinski definition) is 1. The van der Waals surface area contributed by atoms with Gasteiger partial charge in [-0.05, 0) is 31.4 Å². The molecule has 1 aromatic heterocycles. The number of H-pyrrole nitrogens is 1. The Hall–Kier alpha value is -1.25. The second kappa shape index (κ2) is 4.70. The molecule has 0 bridgehead atoms. The maximum Gasteiger partial charge on any atom is 0.306 e. The molecule has 0 aromatic carbocycles. The minimum Gasteiger partial charge on any atom is -0.466 e. The van der Waals surface area contributed by atoms with E-state index in [4.69, 9.17) is 4.74 Å². The van der Waals surface area contributed by atoms with E-state index in [0.29, 0.717) is 13.0 Å². The lowest BCUT2D eigenvalue weighted by atomic mass is 10.1. The van der Waals surface area contributed by atoms with Crippen LogP contribution in [0, 0.1) is 6.92 Å². The Morgan fingerprint density at radius 2 is 2.31 bits per heavy atom. The molecule has 1 heterocycles. The van der Waals surface area contributed by atoms with E-state index in [-0.39, 0.29) is 5.97 Å². The molecule has 0 spiro atoms. The summed E-state index contributed by atoms with van der Waals surface area (Å²) < 4.78 is 4.83. The molecular formula is C10H15NO2. The van der Waals surface area contributed by atoms with Gasteiger partial charge in [-0.3, -0.25) is 4.79 Å². The lowest BCUT2D eigenvalue weighted by Gasteiger charge is -2.00. The Morgan fingerprint density at radius 1 is 1.54 bits per heavy atom. The summed E-state index contributed by atoms with van der Waals surface area (Å²) in [7, 11) is 0. The summed E-state index contributed by atoms with van der Waals surface area (Å²) in [5, 5.41) is 0. The van der Waals surface area contributed by atoms with Gasteiger partial charge < -0.3 is 9.72 Å². The molecule has 1 aromatic rings. The molecule has 0 aliphatic carbocycles. The van der Waals surface area contributed by atoms with Crippen LogP contribution in [0.5, 0.6) is 0 Å². The highest BCUT2D eigenvalue weighted by molar-refractivity contribution is 5.69. The molecule has 3 nitrogen and oxygen atoms in total. The molecule has 13 heavy (non-hydrogen) atoms. The van der Waals surface area contributed by atoms with Crippen LogP contribution in [-0.4, -0.2) is 17.6 Å². The van der Waals surface area contributed by atoms with E-state index in [2.05, 4.69) is 4.98 Å². The van der Waals surface area contributed by atoms with Crippen molar-refractivity contribution in [3.63, 3.8) is 0 Å². The van der Waals surface area contributed by atoms with Gasteiger partial charge in [0.05, 0.1) is 6.61 Å². The molecule has 0 fully saturated rings. The number of aryl methyl sites for hydroxylation is 2. The van der Waals surface area contributed by atoms with Crippen LogP contribution < -0.4 is 0 Å². The van der Waals surface area contributed by atoms with Crippen LogP contribution in [0.2, 0.25) is 0 Å². The van der Waals surface area contributed by atoms with Gasteiger partial charge in [0.2, 0.25) is 0 Å². The molecule has 0 saturated heterocycles. The fourth-order valence-electron chi connectivity index (χ4n) is 1.21. The number of aromatic nitrogens is 1. The summed E-state index contributed by atoms with van der Waals surface area (Å²) in [6, 6.07) is 0. The van der Waals surface area contributed by atoms with Gasteiger partial charge in [-0.2, -0.15) is 0 Å². The van der Waals surface area contributed by atoms with Crippen molar-refractivity contribution >= 4 is 5.97 Å². The number of carbonyl (C=O) groups is 1. The largest absolute Gasteiger partial charge is 0.466 e. The van der Waals surface area contributed by atoms with Crippen molar-refractivity contribution in [2.45, 2.75) is 26.7 Å². The Kier molecular flexibility index (Phi) is 3.55. The van der Waals surface area contributed by atoms with Crippen LogP contribution in [-0.2, 0) is 16.0 Å². The summed E-state index contributed by atoms with van der Waals surface area (Å²) in [5.74, 6) is -0.122. The molecule has 0 aliphatic heterocycles. The maximum atomic E-state index is 11.0. The normalized spacial score (nSPS) is 10.0. The summed E-state index contributed by atoms with van der Waals surface area (Å²) >= 11 is 0. The molecule has 1 rings (SSSR count). The smallest absolute Gasteiger partial charge is 0.306 e. The summed E-state index contributed by atoms with van der Waals surface area (Å²) in [6.07, 6.45) is 5.08. The average molecular weight is 181 g/mol. The van der Waals surface area contributed by atoms with Gasteiger partial charge in [0, 0.05) is 18.8 Å². The van der Waals surface area contributed by atoms with Crippen LogP contribution in [0.25, 0.3) is 0 Å². The molecule has 0 atom stereocenters. The van der Waals surface area contributed by atoms with Crippen molar-refractivity contribution in [1.82, 2.24) is 4.98 Å². The fourth-order valence-corrected chi connectivity index (χ4v) is 1.21. The third-order valence-corrected chi connectivity index (χ3v) is 1.97. The van der Waals surface area contributed by atoms with Gasteiger partial charge in [-0.15, -0.1) is 0 Å². The quantitative estimate of drug-likeness (QED) is 0.720. The van der Waals surface area contributed by atoms with Gasteiger partial charge in [0.25, 0.3) is 0 Å². The first-order valence-electron chi connectivity index (χ1n) is 4.52. The van der Waals surface area contributed by atoms with Gasteiger partial charge in [0.1, 0.15) is 0 Å². The number of carbonyl (C=O) groups excluding carboxylic acids is 1. The van der Waals surface area contributed by atoms with Crippen LogP contribution in [0.3, 0.4) is 0 Å². The first kappa shape index (κ1) is 9.84. The van der Waals surface area contributed by atoms with E-state index in [9.17, 15) is 4.79 Å². The average Bonchev–Trinajstić information content (AvgIpc) is 2.48. The van der Waals surface area contributed by atoms with Crippen LogP contribution in [0.1, 0.15) is 24.5 Å². The monoisotopic (exact) mass is 181 g/mol.